The molecular weight excluding hydrogens is 590 g/mol. The third-order valence-corrected chi connectivity index (χ3v) is 10.7. The van der Waals surface area contributed by atoms with Crippen LogP contribution in [0.25, 0.3) is 0 Å². The second-order valence-electron chi connectivity index (χ2n) is 18.5. The summed E-state index contributed by atoms with van der Waals surface area (Å²) in [7, 11) is 0. The average molecular weight is 652 g/mol. The Kier molecular flexibility index (Phi) is 9.88. The molecule has 2 unspecified atom stereocenters. The normalized spacial score (nSPS) is 32.9. The predicted molar refractivity (Wildman–Crippen MR) is 172 cm³/mol. The first-order valence-corrected chi connectivity index (χ1v) is 17.1. The van der Waals surface area contributed by atoms with Gasteiger partial charge in [-0.1, -0.05) is 0 Å². The largest absolute Gasteiger partial charge is 0.462 e. The monoisotopic (exact) mass is 651 g/mol. The summed E-state index contributed by atoms with van der Waals surface area (Å²) < 4.78 is 18.3. The number of carbonyl (C=O) groups excluding carboxylic acids is 3. The molecule has 0 aromatic rings. The van der Waals surface area contributed by atoms with Gasteiger partial charge in [-0.25, -0.2) is 0 Å². The molecule has 3 saturated heterocycles. The van der Waals surface area contributed by atoms with Crippen molar-refractivity contribution in [3.8, 4) is 0 Å². The van der Waals surface area contributed by atoms with Crippen molar-refractivity contribution in [2.45, 2.75) is 186 Å². The fourth-order valence-electron chi connectivity index (χ4n) is 9.35. The van der Waals surface area contributed by atoms with Crippen molar-refractivity contribution in [1.82, 2.24) is 15.4 Å². The van der Waals surface area contributed by atoms with Gasteiger partial charge in [0.15, 0.2) is 0 Å². The van der Waals surface area contributed by atoms with Gasteiger partial charge in [0.05, 0.1) is 17.8 Å². The molecule has 0 spiro atoms. The number of ether oxygens (including phenoxy) is 3. The van der Waals surface area contributed by atoms with Gasteiger partial charge in [0.2, 0.25) is 0 Å². The summed E-state index contributed by atoms with van der Waals surface area (Å²) in [6, 6.07) is 0. The first kappa shape index (κ1) is 37.0. The standard InChI is InChI=1S/C35H61N3O8/c1-30(2)15-22(16-31(3,4)36-30)44-27(39)21-13-25(28(40)45-23-17-32(5,6)37(42)33(7,8)18-23)26(14-21)29(41)46-24-19-34(9,10)38(43)35(11,12)20-24/h21-26,36,42-43H,13-20H2,1-12H3. The molecule has 11 heteroatoms. The number of hydroxylamine groups is 4. The van der Waals surface area contributed by atoms with Crippen LogP contribution in [0.15, 0.2) is 0 Å². The number of esters is 3. The van der Waals surface area contributed by atoms with Crippen molar-refractivity contribution in [3.05, 3.63) is 0 Å². The van der Waals surface area contributed by atoms with Gasteiger partial charge in [0.1, 0.15) is 18.3 Å². The summed E-state index contributed by atoms with van der Waals surface area (Å²) in [6.45, 7) is 23.6. The molecule has 264 valence electrons. The maximum absolute atomic E-state index is 13.9. The Labute approximate surface area is 276 Å². The quantitative estimate of drug-likeness (QED) is 0.252. The molecule has 4 rings (SSSR count). The highest BCUT2D eigenvalue weighted by Gasteiger charge is 2.53. The maximum Gasteiger partial charge on any atom is 0.310 e. The van der Waals surface area contributed by atoms with Crippen molar-refractivity contribution in [2.75, 3.05) is 0 Å². The Morgan fingerprint density at radius 2 is 0.804 bits per heavy atom. The zero-order chi connectivity index (χ0) is 34.8. The molecule has 2 atom stereocenters. The third-order valence-electron chi connectivity index (χ3n) is 10.7. The Balaban J connectivity index is 1.52. The Hall–Kier alpha value is -1.79. The Morgan fingerprint density at radius 1 is 0.522 bits per heavy atom. The molecule has 0 aromatic heterocycles. The van der Waals surface area contributed by atoms with E-state index in [4.69, 9.17) is 14.2 Å². The fourth-order valence-corrected chi connectivity index (χ4v) is 9.35. The molecule has 3 heterocycles. The lowest BCUT2D eigenvalue weighted by molar-refractivity contribution is -0.261. The molecule has 3 N–H and O–H groups in total. The van der Waals surface area contributed by atoms with Crippen LogP contribution in [0, 0.1) is 17.8 Å². The van der Waals surface area contributed by atoms with E-state index in [-0.39, 0.29) is 30.0 Å². The molecule has 11 nitrogen and oxygen atoms in total. The van der Waals surface area contributed by atoms with Crippen LogP contribution in [-0.4, -0.2) is 90.0 Å². The molecule has 4 aliphatic rings. The fraction of sp³-hybridized carbons (Fsp3) is 0.914. The topological polar surface area (TPSA) is 138 Å². The second kappa shape index (κ2) is 12.3. The summed E-state index contributed by atoms with van der Waals surface area (Å²) in [4.78, 5) is 41.4. The minimum atomic E-state index is -0.858. The van der Waals surface area contributed by atoms with Crippen LogP contribution in [0.1, 0.15) is 134 Å². The van der Waals surface area contributed by atoms with Crippen molar-refractivity contribution in [3.63, 3.8) is 0 Å². The summed E-state index contributed by atoms with van der Waals surface area (Å²) in [5.41, 5.74) is -2.90. The molecule has 0 aromatic carbocycles. The van der Waals surface area contributed by atoms with E-state index in [1.54, 1.807) is 0 Å². The van der Waals surface area contributed by atoms with Crippen LogP contribution in [-0.2, 0) is 28.6 Å². The highest BCUT2D eigenvalue weighted by Crippen LogP contribution is 2.44. The number of nitrogens with zero attached hydrogens (tertiary/aromatic N) is 2. The third kappa shape index (κ3) is 8.08. The maximum atomic E-state index is 13.9. The number of nitrogens with one attached hydrogen (secondary N) is 1. The van der Waals surface area contributed by atoms with Crippen LogP contribution in [0.4, 0.5) is 0 Å². The highest BCUT2D eigenvalue weighted by molar-refractivity contribution is 5.85. The molecule has 0 bridgehead atoms. The molecule has 46 heavy (non-hydrogen) atoms. The lowest BCUT2D eigenvalue weighted by atomic mass is 9.80. The number of rotatable bonds is 6. The van der Waals surface area contributed by atoms with E-state index in [1.165, 1.54) is 10.1 Å². The highest BCUT2D eigenvalue weighted by atomic mass is 16.6. The van der Waals surface area contributed by atoms with Gasteiger partial charge in [-0.3, -0.25) is 14.4 Å². The van der Waals surface area contributed by atoms with Crippen molar-refractivity contribution in [2.24, 2.45) is 17.8 Å². The van der Waals surface area contributed by atoms with E-state index in [0.717, 1.165) is 0 Å². The van der Waals surface area contributed by atoms with Crippen LogP contribution in [0.3, 0.4) is 0 Å². The molecular formula is C35H61N3O8. The molecule has 0 radical (unpaired) electrons. The van der Waals surface area contributed by atoms with E-state index in [9.17, 15) is 24.8 Å². The zero-order valence-electron chi connectivity index (χ0n) is 30.4. The van der Waals surface area contributed by atoms with E-state index in [0.29, 0.717) is 38.5 Å². The first-order chi connectivity index (χ1) is 20.7. The summed E-state index contributed by atoms with van der Waals surface area (Å²) >= 11 is 0. The predicted octanol–water partition coefficient (Wildman–Crippen LogP) is 5.39. The first-order valence-electron chi connectivity index (χ1n) is 17.1. The van der Waals surface area contributed by atoms with Crippen LogP contribution < -0.4 is 5.32 Å². The Bertz CT molecular complexity index is 1060. The van der Waals surface area contributed by atoms with Gasteiger partial charge in [-0.2, -0.15) is 10.1 Å². The lowest BCUT2D eigenvalue weighted by Gasteiger charge is -2.51. The molecule has 0 amide bonds. The van der Waals surface area contributed by atoms with Gasteiger partial charge >= 0.3 is 17.9 Å². The van der Waals surface area contributed by atoms with E-state index >= 15 is 0 Å². The van der Waals surface area contributed by atoms with Crippen LogP contribution >= 0.6 is 0 Å². The van der Waals surface area contributed by atoms with Crippen molar-refractivity contribution in [1.29, 1.82) is 0 Å². The molecule has 4 fully saturated rings. The Morgan fingerprint density at radius 3 is 1.13 bits per heavy atom. The number of hydrogen-bond donors (Lipinski definition) is 3. The number of carbonyl (C=O) groups is 3. The van der Waals surface area contributed by atoms with Gasteiger partial charge in [0.25, 0.3) is 0 Å². The molecule has 1 saturated carbocycles. The van der Waals surface area contributed by atoms with Gasteiger partial charge in [0, 0.05) is 71.8 Å². The number of piperidine rings is 3. The van der Waals surface area contributed by atoms with Crippen LogP contribution in [0.5, 0.6) is 0 Å². The summed E-state index contributed by atoms with van der Waals surface area (Å²) in [5, 5.41) is 27.7. The summed E-state index contributed by atoms with van der Waals surface area (Å²) in [6.07, 6.45) is 2.13. The summed E-state index contributed by atoms with van der Waals surface area (Å²) in [5.74, 6) is -3.79. The molecule has 1 aliphatic carbocycles. The van der Waals surface area contributed by atoms with Crippen molar-refractivity contribution >= 4 is 17.9 Å². The zero-order valence-corrected chi connectivity index (χ0v) is 30.4. The average Bonchev–Trinajstić information content (AvgIpc) is 3.29. The smallest absolute Gasteiger partial charge is 0.310 e. The minimum absolute atomic E-state index is 0.146. The van der Waals surface area contributed by atoms with Gasteiger partial charge < -0.3 is 29.9 Å². The SMILES string of the molecule is CC1(C)CC(OC(=O)C2CC(C(=O)OC3CC(C)(C)N(O)C(C)(C)C3)C(C(=O)OC3CC(C)(C)N(O)C(C)(C)C3)C2)CC(C)(C)N1. The van der Waals surface area contributed by atoms with E-state index in [2.05, 4.69) is 33.0 Å². The number of hydrogen-bond acceptors (Lipinski definition) is 11. The minimum Gasteiger partial charge on any atom is -0.462 e. The molecule has 3 aliphatic heterocycles. The van der Waals surface area contributed by atoms with Gasteiger partial charge in [-0.05, 0) is 95.9 Å². The van der Waals surface area contributed by atoms with Crippen LogP contribution in [0.2, 0.25) is 0 Å². The van der Waals surface area contributed by atoms with Gasteiger partial charge in [-0.15, -0.1) is 0 Å². The van der Waals surface area contributed by atoms with E-state index < -0.39 is 70.0 Å². The van der Waals surface area contributed by atoms with E-state index in [1.807, 2.05) is 55.4 Å². The lowest BCUT2D eigenvalue weighted by Crippen LogP contribution is -2.61. The second-order valence-corrected chi connectivity index (χ2v) is 18.5. The van der Waals surface area contributed by atoms with Crippen molar-refractivity contribution < 1.29 is 39.0 Å².